The Morgan fingerprint density at radius 1 is 1.24 bits per heavy atom. The molecule has 0 bridgehead atoms. The molecule has 0 saturated heterocycles. The lowest BCUT2D eigenvalue weighted by Crippen LogP contribution is -2.13. The third kappa shape index (κ3) is 1.86. The standard InChI is InChI=1S/C13H8N2O2/c14-6-11-12(9-4-2-1-3-5-9)10(8-16)7-15-13(11)17/h1-5,7-8H,(H,15,17). The van der Waals surface area contributed by atoms with E-state index in [0.29, 0.717) is 23.0 Å². The number of aromatic nitrogens is 1. The van der Waals surface area contributed by atoms with Crippen molar-refractivity contribution in [1.82, 2.24) is 4.98 Å². The number of carbonyl (C=O) groups is 1. The minimum Gasteiger partial charge on any atom is -0.327 e. The van der Waals surface area contributed by atoms with Crippen LogP contribution in [0.3, 0.4) is 0 Å². The summed E-state index contributed by atoms with van der Waals surface area (Å²) in [6.07, 6.45) is 1.94. The summed E-state index contributed by atoms with van der Waals surface area (Å²) in [5.41, 5.74) is 0.828. The van der Waals surface area contributed by atoms with Crippen molar-refractivity contribution in [2.75, 3.05) is 0 Å². The van der Waals surface area contributed by atoms with E-state index in [0.717, 1.165) is 0 Å². The molecule has 4 nitrogen and oxygen atoms in total. The lowest BCUT2D eigenvalue weighted by molar-refractivity contribution is 0.112. The highest BCUT2D eigenvalue weighted by Crippen LogP contribution is 2.23. The Kier molecular flexibility index (Phi) is 2.84. The molecule has 0 aliphatic rings. The molecule has 0 atom stereocenters. The molecule has 1 N–H and O–H groups in total. The SMILES string of the molecule is N#Cc1c(-c2ccccc2)c(C=O)c[nH]c1=O. The van der Waals surface area contributed by atoms with Crippen LogP contribution in [0, 0.1) is 11.3 Å². The zero-order chi connectivity index (χ0) is 12.3. The number of benzene rings is 1. The molecule has 1 aromatic heterocycles. The summed E-state index contributed by atoms with van der Waals surface area (Å²) in [5, 5.41) is 8.99. The van der Waals surface area contributed by atoms with Crippen LogP contribution in [0.1, 0.15) is 15.9 Å². The first kappa shape index (κ1) is 10.8. The largest absolute Gasteiger partial charge is 0.327 e. The van der Waals surface area contributed by atoms with Crippen molar-refractivity contribution in [1.29, 1.82) is 5.26 Å². The number of H-pyrrole nitrogens is 1. The van der Waals surface area contributed by atoms with Crippen molar-refractivity contribution < 1.29 is 4.79 Å². The normalized spacial score (nSPS) is 9.59. The van der Waals surface area contributed by atoms with Gasteiger partial charge in [-0.2, -0.15) is 5.26 Å². The van der Waals surface area contributed by atoms with Gasteiger partial charge in [0.1, 0.15) is 11.6 Å². The second kappa shape index (κ2) is 4.45. The van der Waals surface area contributed by atoms with Gasteiger partial charge < -0.3 is 4.98 Å². The minimum atomic E-state index is -0.489. The summed E-state index contributed by atoms with van der Waals surface area (Å²) in [6, 6.07) is 10.7. The van der Waals surface area contributed by atoms with Crippen LogP contribution < -0.4 is 5.56 Å². The van der Waals surface area contributed by atoms with Gasteiger partial charge in [-0.05, 0) is 5.56 Å². The number of rotatable bonds is 2. The number of aldehydes is 1. The molecule has 2 rings (SSSR count). The maximum atomic E-state index is 11.5. The second-order valence-electron chi connectivity index (χ2n) is 3.42. The molecule has 0 aliphatic carbocycles. The third-order valence-electron chi connectivity index (χ3n) is 2.43. The van der Waals surface area contributed by atoms with Crippen molar-refractivity contribution >= 4 is 6.29 Å². The Bertz CT molecular complexity index is 651. The first-order valence-electron chi connectivity index (χ1n) is 4.94. The highest BCUT2D eigenvalue weighted by Gasteiger charge is 2.13. The van der Waals surface area contributed by atoms with Crippen LogP contribution in [-0.2, 0) is 0 Å². The average molecular weight is 224 g/mol. The summed E-state index contributed by atoms with van der Waals surface area (Å²) < 4.78 is 0. The minimum absolute atomic E-state index is 0.0409. The number of hydrogen-bond acceptors (Lipinski definition) is 3. The molecule has 0 aliphatic heterocycles. The van der Waals surface area contributed by atoms with Gasteiger partial charge >= 0.3 is 0 Å². The van der Waals surface area contributed by atoms with Gasteiger partial charge in [-0.1, -0.05) is 30.3 Å². The topological polar surface area (TPSA) is 73.7 Å². The third-order valence-corrected chi connectivity index (χ3v) is 2.43. The number of nitriles is 1. The van der Waals surface area contributed by atoms with E-state index < -0.39 is 5.56 Å². The van der Waals surface area contributed by atoms with Gasteiger partial charge in [0.2, 0.25) is 0 Å². The van der Waals surface area contributed by atoms with Crippen molar-refractivity contribution in [3.05, 3.63) is 58.0 Å². The van der Waals surface area contributed by atoms with Gasteiger partial charge in [-0.25, -0.2) is 0 Å². The predicted octanol–water partition coefficient (Wildman–Crippen LogP) is 1.73. The van der Waals surface area contributed by atoms with E-state index in [9.17, 15) is 9.59 Å². The molecule has 0 saturated carbocycles. The summed E-state index contributed by atoms with van der Waals surface area (Å²) in [7, 11) is 0. The molecule has 0 unspecified atom stereocenters. The van der Waals surface area contributed by atoms with Gasteiger partial charge in [0.15, 0.2) is 6.29 Å². The van der Waals surface area contributed by atoms with Gasteiger partial charge in [0.05, 0.1) is 0 Å². The highest BCUT2D eigenvalue weighted by molar-refractivity contribution is 5.89. The fourth-order valence-corrected chi connectivity index (χ4v) is 1.66. The van der Waals surface area contributed by atoms with Gasteiger partial charge in [-0.15, -0.1) is 0 Å². The molecule has 2 aromatic rings. The average Bonchev–Trinajstić information content (AvgIpc) is 2.39. The van der Waals surface area contributed by atoms with Gasteiger partial charge in [0, 0.05) is 17.3 Å². The second-order valence-corrected chi connectivity index (χ2v) is 3.42. The Labute approximate surface area is 97.2 Å². The maximum absolute atomic E-state index is 11.5. The molecule has 1 heterocycles. The number of pyridine rings is 1. The summed E-state index contributed by atoms with van der Waals surface area (Å²) in [4.78, 5) is 24.8. The Balaban J connectivity index is 2.84. The lowest BCUT2D eigenvalue weighted by atomic mass is 9.98. The molecular formula is C13H8N2O2. The Hall–Kier alpha value is -2.67. The smallest absolute Gasteiger partial charge is 0.266 e. The zero-order valence-corrected chi connectivity index (χ0v) is 8.81. The Morgan fingerprint density at radius 3 is 2.53 bits per heavy atom. The lowest BCUT2D eigenvalue weighted by Gasteiger charge is -2.05. The molecule has 0 radical (unpaired) electrons. The van der Waals surface area contributed by atoms with Crippen LogP contribution in [0.2, 0.25) is 0 Å². The fourth-order valence-electron chi connectivity index (χ4n) is 1.66. The van der Waals surface area contributed by atoms with E-state index in [2.05, 4.69) is 4.98 Å². The van der Waals surface area contributed by atoms with Gasteiger partial charge in [0.25, 0.3) is 5.56 Å². The fraction of sp³-hybridized carbons (Fsp3) is 0. The zero-order valence-electron chi connectivity index (χ0n) is 8.81. The van der Waals surface area contributed by atoms with E-state index in [1.165, 1.54) is 6.20 Å². The molecule has 4 heteroatoms. The predicted molar refractivity (Wildman–Crippen MR) is 62.6 cm³/mol. The van der Waals surface area contributed by atoms with Crippen LogP contribution >= 0.6 is 0 Å². The van der Waals surface area contributed by atoms with E-state index in [-0.39, 0.29) is 5.56 Å². The van der Waals surface area contributed by atoms with Crippen LogP contribution in [0.25, 0.3) is 11.1 Å². The summed E-state index contributed by atoms with van der Waals surface area (Å²) in [5.74, 6) is 0. The summed E-state index contributed by atoms with van der Waals surface area (Å²) in [6.45, 7) is 0. The number of hydrogen-bond donors (Lipinski definition) is 1. The first-order chi connectivity index (χ1) is 8.27. The van der Waals surface area contributed by atoms with E-state index in [4.69, 9.17) is 5.26 Å². The molecule has 0 spiro atoms. The number of aromatic amines is 1. The van der Waals surface area contributed by atoms with E-state index in [1.807, 2.05) is 12.1 Å². The number of carbonyl (C=O) groups excluding carboxylic acids is 1. The van der Waals surface area contributed by atoms with Crippen molar-refractivity contribution in [3.8, 4) is 17.2 Å². The molecule has 1 aromatic carbocycles. The quantitative estimate of drug-likeness (QED) is 0.789. The maximum Gasteiger partial charge on any atom is 0.266 e. The first-order valence-corrected chi connectivity index (χ1v) is 4.94. The molecular weight excluding hydrogens is 216 g/mol. The van der Waals surface area contributed by atoms with E-state index >= 15 is 0 Å². The van der Waals surface area contributed by atoms with Crippen molar-refractivity contribution in [2.45, 2.75) is 0 Å². The summed E-state index contributed by atoms with van der Waals surface area (Å²) >= 11 is 0. The van der Waals surface area contributed by atoms with Crippen LogP contribution in [0.5, 0.6) is 0 Å². The van der Waals surface area contributed by atoms with Gasteiger partial charge in [-0.3, -0.25) is 9.59 Å². The molecule has 0 fully saturated rings. The number of nitrogens with zero attached hydrogens (tertiary/aromatic N) is 1. The van der Waals surface area contributed by atoms with E-state index in [1.54, 1.807) is 24.3 Å². The van der Waals surface area contributed by atoms with Crippen LogP contribution in [0.4, 0.5) is 0 Å². The number of nitrogens with one attached hydrogen (secondary N) is 1. The van der Waals surface area contributed by atoms with Crippen LogP contribution in [-0.4, -0.2) is 11.3 Å². The van der Waals surface area contributed by atoms with Crippen molar-refractivity contribution in [3.63, 3.8) is 0 Å². The Morgan fingerprint density at radius 2 is 1.94 bits per heavy atom. The molecule has 17 heavy (non-hydrogen) atoms. The monoisotopic (exact) mass is 224 g/mol. The molecule has 82 valence electrons. The van der Waals surface area contributed by atoms with Crippen LogP contribution in [0.15, 0.2) is 41.3 Å². The highest BCUT2D eigenvalue weighted by atomic mass is 16.1. The molecule has 0 amide bonds. The van der Waals surface area contributed by atoms with Crippen molar-refractivity contribution in [2.24, 2.45) is 0 Å².